The fourth-order valence-electron chi connectivity index (χ4n) is 2.25. The number of carbonyl (C=O) groups is 1. The number of carbonyl (C=O) groups excluding carboxylic acids is 1. The highest BCUT2D eigenvalue weighted by atomic mass is 16.5. The molecule has 0 aromatic heterocycles. The standard InChI is InChI=1S/C16H24N2O3/c1-18-9-11-21-15(13-18)12-17-16(19)8-5-10-20-14-6-3-2-4-7-14/h2-4,6-7,15H,5,8-13H2,1H3,(H,17,19). The van der Waals surface area contributed by atoms with Crippen LogP contribution in [0.5, 0.6) is 5.75 Å². The average molecular weight is 292 g/mol. The molecule has 1 amide bonds. The zero-order chi connectivity index (χ0) is 14.9. The van der Waals surface area contributed by atoms with Gasteiger partial charge in [-0.3, -0.25) is 4.79 Å². The molecule has 0 radical (unpaired) electrons. The molecule has 1 N–H and O–H groups in total. The number of benzene rings is 1. The molecule has 1 heterocycles. The Morgan fingerprint density at radius 3 is 3.00 bits per heavy atom. The number of amides is 1. The summed E-state index contributed by atoms with van der Waals surface area (Å²) in [6.45, 7) is 3.71. The Morgan fingerprint density at radius 2 is 2.24 bits per heavy atom. The molecule has 5 heteroatoms. The van der Waals surface area contributed by atoms with Crippen LogP contribution in [0.15, 0.2) is 30.3 Å². The number of hydrogen-bond donors (Lipinski definition) is 1. The molecule has 1 aromatic carbocycles. The first kappa shape index (κ1) is 15.8. The molecule has 5 nitrogen and oxygen atoms in total. The Bertz CT molecular complexity index is 425. The summed E-state index contributed by atoms with van der Waals surface area (Å²) in [5.41, 5.74) is 0. The van der Waals surface area contributed by atoms with E-state index in [1.807, 2.05) is 30.3 Å². The van der Waals surface area contributed by atoms with Crippen LogP contribution in [0.3, 0.4) is 0 Å². The van der Waals surface area contributed by atoms with Gasteiger partial charge in [0.15, 0.2) is 0 Å². The highest BCUT2D eigenvalue weighted by molar-refractivity contribution is 5.75. The Morgan fingerprint density at radius 1 is 1.43 bits per heavy atom. The van der Waals surface area contributed by atoms with E-state index in [0.717, 1.165) is 25.4 Å². The zero-order valence-corrected chi connectivity index (χ0v) is 12.6. The lowest BCUT2D eigenvalue weighted by Crippen LogP contribution is -2.45. The van der Waals surface area contributed by atoms with Crippen molar-refractivity contribution in [2.45, 2.75) is 18.9 Å². The van der Waals surface area contributed by atoms with E-state index in [4.69, 9.17) is 9.47 Å². The van der Waals surface area contributed by atoms with Crippen molar-refractivity contribution in [1.29, 1.82) is 0 Å². The van der Waals surface area contributed by atoms with E-state index in [9.17, 15) is 4.79 Å². The average Bonchev–Trinajstić information content (AvgIpc) is 2.51. The van der Waals surface area contributed by atoms with Crippen LogP contribution in [-0.4, -0.2) is 56.8 Å². The van der Waals surface area contributed by atoms with Gasteiger partial charge in [-0.25, -0.2) is 0 Å². The molecule has 1 aromatic rings. The molecule has 1 saturated heterocycles. The maximum atomic E-state index is 11.7. The number of rotatable bonds is 7. The third-order valence-corrected chi connectivity index (χ3v) is 3.43. The van der Waals surface area contributed by atoms with E-state index < -0.39 is 0 Å². The quantitative estimate of drug-likeness (QED) is 0.770. The first-order valence-corrected chi connectivity index (χ1v) is 7.49. The minimum atomic E-state index is 0.0588. The number of morpholine rings is 1. The van der Waals surface area contributed by atoms with Gasteiger partial charge in [-0.05, 0) is 25.6 Å². The van der Waals surface area contributed by atoms with E-state index in [1.165, 1.54) is 0 Å². The molecule has 116 valence electrons. The van der Waals surface area contributed by atoms with E-state index in [2.05, 4.69) is 17.3 Å². The number of nitrogens with one attached hydrogen (secondary N) is 1. The molecule has 1 aliphatic heterocycles. The first-order valence-electron chi connectivity index (χ1n) is 7.49. The van der Waals surface area contributed by atoms with Crippen molar-refractivity contribution in [2.24, 2.45) is 0 Å². The van der Waals surface area contributed by atoms with Gasteiger partial charge in [-0.2, -0.15) is 0 Å². The SMILES string of the molecule is CN1CCOC(CNC(=O)CCCOc2ccccc2)C1. The molecule has 0 aliphatic carbocycles. The van der Waals surface area contributed by atoms with Crippen LogP contribution in [0.2, 0.25) is 0 Å². The van der Waals surface area contributed by atoms with Gasteiger partial charge in [0, 0.05) is 26.1 Å². The summed E-state index contributed by atoms with van der Waals surface area (Å²) in [7, 11) is 2.07. The fourth-order valence-corrected chi connectivity index (χ4v) is 2.25. The van der Waals surface area contributed by atoms with E-state index >= 15 is 0 Å². The molecule has 1 fully saturated rings. The molecule has 0 spiro atoms. The van der Waals surface area contributed by atoms with Crippen LogP contribution in [0.1, 0.15) is 12.8 Å². The number of hydrogen-bond acceptors (Lipinski definition) is 4. The van der Waals surface area contributed by atoms with Gasteiger partial charge in [0.1, 0.15) is 5.75 Å². The van der Waals surface area contributed by atoms with Crippen LogP contribution < -0.4 is 10.1 Å². The molecule has 0 bridgehead atoms. The molecule has 1 atom stereocenters. The third-order valence-electron chi connectivity index (χ3n) is 3.43. The maximum absolute atomic E-state index is 11.7. The van der Waals surface area contributed by atoms with Crippen molar-refractivity contribution < 1.29 is 14.3 Å². The van der Waals surface area contributed by atoms with Crippen LogP contribution >= 0.6 is 0 Å². The van der Waals surface area contributed by atoms with Crippen LogP contribution in [0, 0.1) is 0 Å². The molecule has 0 saturated carbocycles. The van der Waals surface area contributed by atoms with Crippen molar-refractivity contribution in [1.82, 2.24) is 10.2 Å². The number of para-hydroxylation sites is 1. The van der Waals surface area contributed by atoms with Crippen LogP contribution in [-0.2, 0) is 9.53 Å². The number of likely N-dealkylation sites (N-methyl/N-ethyl adjacent to an activating group) is 1. The molecular weight excluding hydrogens is 268 g/mol. The summed E-state index contributed by atoms with van der Waals surface area (Å²) in [5.74, 6) is 0.903. The van der Waals surface area contributed by atoms with Gasteiger partial charge in [-0.1, -0.05) is 18.2 Å². The Hall–Kier alpha value is -1.59. The molecule has 21 heavy (non-hydrogen) atoms. The maximum Gasteiger partial charge on any atom is 0.220 e. The first-order chi connectivity index (χ1) is 10.2. The highest BCUT2D eigenvalue weighted by Crippen LogP contribution is 2.08. The minimum Gasteiger partial charge on any atom is -0.494 e. The van der Waals surface area contributed by atoms with E-state index in [-0.39, 0.29) is 12.0 Å². The second kappa shape index (κ2) is 8.64. The van der Waals surface area contributed by atoms with Crippen molar-refractivity contribution in [3.05, 3.63) is 30.3 Å². The lowest BCUT2D eigenvalue weighted by Gasteiger charge is -2.30. The van der Waals surface area contributed by atoms with E-state index in [0.29, 0.717) is 26.0 Å². The smallest absolute Gasteiger partial charge is 0.220 e. The number of ether oxygens (including phenoxy) is 2. The molecule has 1 aliphatic rings. The molecular formula is C16H24N2O3. The number of nitrogens with zero attached hydrogens (tertiary/aromatic N) is 1. The Kier molecular flexibility index (Phi) is 6.50. The minimum absolute atomic E-state index is 0.0588. The zero-order valence-electron chi connectivity index (χ0n) is 12.6. The summed E-state index contributed by atoms with van der Waals surface area (Å²) in [5, 5.41) is 2.93. The Balaban J connectivity index is 1.53. The molecule has 1 unspecified atom stereocenters. The van der Waals surface area contributed by atoms with Gasteiger partial charge in [0.2, 0.25) is 5.91 Å². The van der Waals surface area contributed by atoms with Gasteiger partial charge in [0.25, 0.3) is 0 Å². The predicted molar refractivity (Wildman–Crippen MR) is 81.4 cm³/mol. The van der Waals surface area contributed by atoms with Crippen molar-refractivity contribution >= 4 is 5.91 Å². The molecule has 2 rings (SSSR count). The highest BCUT2D eigenvalue weighted by Gasteiger charge is 2.17. The summed E-state index contributed by atoms with van der Waals surface area (Å²) in [6, 6.07) is 9.64. The van der Waals surface area contributed by atoms with Crippen LogP contribution in [0.4, 0.5) is 0 Å². The normalized spacial score (nSPS) is 19.2. The summed E-state index contributed by atoms with van der Waals surface area (Å²) in [6.07, 6.45) is 1.30. The topological polar surface area (TPSA) is 50.8 Å². The van der Waals surface area contributed by atoms with Crippen molar-refractivity contribution in [3.63, 3.8) is 0 Å². The van der Waals surface area contributed by atoms with Gasteiger partial charge in [-0.15, -0.1) is 0 Å². The lowest BCUT2D eigenvalue weighted by atomic mass is 10.2. The van der Waals surface area contributed by atoms with Gasteiger partial charge >= 0.3 is 0 Å². The monoisotopic (exact) mass is 292 g/mol. The Labute approximate surface area is 126 Å². The largest absolute Gasteiger partial charge is 0.494 e. The second-order valence-electron chi connectivity index (χ2n) is 5.32. The van der Waals surface area contributed by atoms with E-state index in [1.54, 1.807) is 0 Å². The van der Waals surface area contributed by atoms with Gasteiger partial charge in [0.05, 0.1) is 19.3 Å². The fraction of sp³-hybridized carbons (Fsp3) is 0.562. The summed E-state index contributed by atoms with van der Waals surface area (Å²) in [4.78, 5) is 14.0. The second-order valence-corrected chi connectivity index (χ2v) is 5.32. The summed E-state index contributed by atoms with van der Waals surface area (Å²) >= 11 is 0. The summed E-state index contributed by atoms with van der Waals surface area (Å²) < 4.78 is 11.2. The predicted octanol–water partition coefficient (Wildman–Crippen LogP) is 1.29. The van der Waals surface area contributed by atoms with Crippen molar-refractivity contribution in [2.75, 3.05) is 39.9 Å². The van der Waals surface area contributed by atoms with Gasteiger partial charge < -0.3 is 19.7 Å². The lowest BCUT2D eigenvalue weighted by molar-refractivity contribution is -0.122. The third kappa shape index (κ3) is 6.14. The van der Waals surface area contributed by atoms with Crippen molar-refractivity contribution in [3.8, 4) is 5.75 Å². The van der Waals surface area contributed by atoms with Crippen LogP contribution in [0.25, 0.3) is 0 Å².